The number of hydrogen-bond acceptors (Lipinski definition) is 2. The maximum Gasteiger partial charge on any atom is 0.225 e. The molecular weight excluding hydrogens is 368 g/mol. The van der Waals surface area contributed by atoms with Crippen LogP contribution < -0.4 is 4.90 Å². The van der Waals surface area contributed by atoms with Gasteiger partial charge in [0.05, 0.1) is 0 Å². The number of unbranched alkanes of at least 4 members (excludes halogenated alkanes) is 1. The molecule has 0 aliphatic rings. The fraction of sp³-hybridized carbons (Fsp3) is 0.333. The van der Waals surface area contributed by atoms with Crippen LogP contribution in [-0.2, 0) is 30.5 Å². The molecule has 2 aromatic carbocycles. The van der Waals surface area contributed by atoms with E-state index in [2.05, 4.69) is 61.5 Å². The number of aryl methyl sites for hydroxylation is 4. The van der Waals surface area contributed by atoms with Crippen molar-refractivity contribution in [2.75, 3.05) is 11.4 Å². The van der Waals surface area contributed by atoms with Crippen molar-refractivity contribution >= 4 is 11.7 Å². The van der Waals surface area contributed by atoms with Gasteiger partial charge in [-0.3, -0.25) is 9.69 Å². The van der Waals surface area contributed by atoms with Crippen LogP contribution in [0.4, 0.5) is 5.82 Å². The summed E-state index contributed by atoms with van der Waals surface area (Å²) in [6.45, 7) is 4.51. The number of pyridine rings is 1. The van der Waals surface area contributed by atoms with E-state index < -0.39 is 0 Å². The van der Waals surface area contributed by atoms with Crippen molar-refractivity contribution in [3.8, 4) is 0 Å². The first-order valence-electron chi connectivity index (χ1n) is 11.0. The second-order valence-electron chi connectivity index (χ2n) is 7.82. The van der Waals surface area contributed by atoms with Crippen LogP contribution in [0, 0.1) is 0 Å². The summed E-state index contributed by atoms with van der Waals surface area (Å²) in [6, 6.07) is 23.3. The van der Waals surface area contributed by atoms with Crippen LogP contribution in [0.5, 0.6) is 0 Å². The maximum absolute atomic E-state index is 12.4. The largest absolute Gasteiger partial charge is 0.297 e. The van der Waals surface area contributed by atoms with Gasteiger partial charge in [-0.15, -0.1) is 0 Å². The molecule has 0 saturated heterocycles. The lowest BCUT2D eigenvalue weighted by Gasteiger charge is -2.23. The van der Waals surface area contributed by atoms with E-state index in [9.17, 15) is 4.79 Å². The third-order valence-corrected chi connectivity index (χ3v) is 5.44. The first-order chi connectivity index (χ1) is 14.7. The van der Waals surface area contributed by atoms with E-state index in [1.165, 1.54) is 16.7 Å². The van der Waals surface area contributed by atoms with Gasteiger partial charge in [-0.25, -0.2) is 4.98 Å². The summed E-state index contributed by atoms with van der Waals surface area (Å²) in [7, 11) is 0. The van der Waals surface area contributed by atoms with Crippen LogP contribution in [0.25, 0.3) is 0 Å². The summed E-state index contributed by atoms with van der Waals surface area (Å²) >= 11 is 0. The first kappa shape index (κ1) is 21.8. The second-order valence-corrected chi connectivity index (χ2v) is 7.82. The van der Waals surface area contributed by atoms with Crippen molar-refractivity contribution in [1.29, 1.82) is 0 Å². The van der Waals surface area contributed by atoms with E-state index in [-0.39, 0.29) is 5.91 Å². The minimum atomic E-state index is 0.0638. The number of aromatic nitrogens is 1. The Labute approximate surface area is 180 Å². The van der Waals surface area contributed by atoms with Crippen molar-refractivity contribution in [2.24, 2.45) is 0 Å². The highest BCUT2D eigenvalue weighted by atomic mass is 16.2. The van der Waals surface area contributed by atoms with Gasteiger partial charge in [0.25, 0.3) is 0 Å². The Bertz CT molecular complexity index is 922. The minimum Gasteiger partial charge on any atom is -0.297 e. The van der Waals surface area contributed by atoms with Crippen LogP contribution in [0.3, 0.4) is 0 Å². The molecule has 0 radical (unpaired) electrons. The van der Waals surface area contributed by atoms with Gasteiger partial charge >= 0.3 is 0 Å². The molecule has 0 N–H and O–H groups in total. The number of hydrogen-bond donors (Lipinski definition) is 0. The van der Waals surface area contributed by atoms with E-state index in [0.717, 1.165) is 56.5 Å². The fourth-order valence-corrected chi connectivity index (χ4v) is 3.70. The summed E-state index contributed by atoms with van der Waals surface area (Å²) < 4.78 is 0. The molecule has 0 spiro atoms. The number of nitrogens with zero attached hydrogens (tertiary/aromatic N) is 2. The lowest BCUT2D eigenvalue weighted by Crippen LogP contribution is -2.31. The summed E-state index contributed by atoms with van der Waals surface area (Å²) in [6.07, 6.45) is 7.75. The van der Waals surface area contributed by atoms with Crippen molar-refractivity contribution in [3.05, 3.63) is 95.2 Å². The molecule has 3 aromatic rings. The van der Waals surface area contributed by atoms with Crippen molar-refractivity contribution in [1.82, 2.24) is 4.98 Å². The van der Waals surface area contributed by atoms with Gasteiger partial charge in [-0.1, -0.05) is 80.1 Å². The van der Waals surface area contributed by atoms with Gasteiger partial charge in [-0.2, -0.15) is 0 Å². The Hall–Kier alpha value is -2.94. The molecule has 0 aliphatic carbocycles. The molecular formula is C27H32N2O. The van der Waals surface area contributed by atoms with Crippen LogP contribution in [0.15, 0.2) is 72.9 Å². The summed E-state index contributed by atoms with van der Waals surface area (Å²) in [4.78, 5) is 19.0. The zero-order chi connectivity index (χ0) is 21.2. The molecule has 30 heavy (non-hydrogen) atoms. The molecule has 0 fully saturated rings. The average molecular weight is 401 g/mol. The van der Waals surface area contributed by atoms with Crippen LogP contribution >= 0.6 is 0 Å². The van der Waals surface area contributed by atoms with Gasteiger partial charge in [0.1, 0.15) is 5.82 Å². The van der Waals surface area contributed by atoms with Gasteiger partial charge in [0, 0.05) is 19.7 Å². The molecule has 0 aliphatic heterocycles. The number of rotatable bonds is 10. The average Bonchev–Trinajstić information content (AvgIpc) is 2.78. The SMILES string of the molecule is CCCCN(C(C)=O)c1ncc(CCc2ccccc2)cc1CCc1ccccc1. The number of carbonyl (C=O) groups excluding carboxylic acids is 1. The molecule has 1 heterocycles. The van der Waals surface area contributed by atoms with Crippen molar-refractivity contribution in [2.45, 2.75) is 52.4 Å². The van der Waals surface area contributed by atoms with E-state index >= 15 is 0 Å². The Morgan fingerprint density at radius 2 is 1.40 bits per heavy atom. The topological polar surface area (TPSA) is 33.2 Å². The van der Waals surface area contributed by atoms with Gasteiger partial charge < -0.3 is 0 Å². The van der Waals surface area contributed by atoms with Crippen molar-refractivity contribution in [3.63, 3.8) is 0 Å². The standard InChI is InChI=1S/C27H32N2O/c1-3-4-19-29(22(2)30)27-26(18-17-24-13-9-6-10-14-24)20-25(21-28-27)16-15-23-11-7-5-8-12-23/h5-14,20-21H,3-4,15-19H2,1-2H3. The number of amides is 1. The molecule has 1 amide bonds. The highest BCUT2D eigenvalue weighted by molar-refractivity contribution is 5.91. The molecule has 156 valence electrons. The number of anilines is 1. The minimum absolute atomic E-state index is 0.0638. The van der Waals surface area contributed by atoms with Gasteiger partial charge in [0.2, 0.25) is 5.91 Å². The number of carbonyl (C=O) groups is 1. The molecule has 0 bridgehead atoms. The lowest BCUT2D eigenvalue weighted by atomic mass is 10.0. The zero-order valence-electron chi connectivity index (χ0n) is 18.2. The fourth-order valence-electron chi connectivity index (χ4n) is 3.70. The Morgan fingerprint density at radius 3 is 1.97 bits per heavy atom. The van der Waals surface area contributed by atoms with E-state index in [0.29, 0.717) is 0 Å². The zero-order valence-corrected chi connectivity index (χ0v) is 18.2. The Morgan fingerprint density at radius 1 is 0.833 bits per heavy atom. The lowest BCUT2D eigenvalue weighted by molar-refractivity contribution is -0.116. The Kier molecular flexibility index (Phi) is 8.20. The molecule has 0 saturated carbocycles. The quantitative estimate of drug-likeness (QED) is 0.430. The van der Waals surface area contributed by atoms with Gasteiger partial charge in [-0.05, 0) is 54.4 Å². The number of benzene rings is 2. The van der Waals surface area contributed by atoms with E-state index in [1.54, 1.807) is 6.92 Å². The van der Waals surface area contributed by atoms with Crippen LogP contribution in [0.1, 0.15) is 48.9 Å². The monoisotopic (exact) mass is 400 g/mol. The third-order valence-electron chi connectivity index (χ3n) is 5.44. The summed E-state index contributed by atoms with van der Waals surface area (Å²) in [5, 5.41) is 0. The normalized spacial score (nSPS) is 10.7. The molecule has 0 unspecified atom stereocenters. The summed E-state index contributed by atoms with van der Waals surface area (Å²) in [5.41, 5.74) is 5.03. The predicted octanol–water partition coefficient (Wildman–Crippen LogP) is 5.81. The highest BCUT2D eigenvalue weighted by Gasteiger charge is 2.17. The first-order valence-corrected chi connectivity index (χ1v) is 11.0. The smallest absolute Gasteiger partial charge is 0.225 e. The maximum atomic E-state index is 12.4. The predicted molar refractivity (Wildman–Crippen MR) is 125 cm³/mol. The summed E-state index contributed by atoms with van der Waals surface area (Å²) in [5.74, 6) is 0.893. The Balaban J connectivity index is 1.83. The highest BCUT2D eigenvalue weighted by Crippen LogP contribution is 2.23. The molecule has 3 nitrogen and oxygen atoms in total. The van der Waals surface area contributed by atoms with E-state index in [4.69, 9.17) is 4.98 Å². The van der Waals surface area contributed by atoms with E-state index in [1.807, 2.05) is 23.2 Å². The van der Waals surface area contributed by atoms with Crippen molar-refractivity contribution < 1.29 is 4.79 Å². The second kappa shape index (κ2) is 11.3. The van der Waals surface area contributed by atoms with Crippen LogP contribution in [-0.4, -0.2) is 17.4 Å². The molecule has 1 aromatic heterocycles. The third kappa shape index (κ3) is 6.28. The molecule has 3 heteroatoms. The molecule has 0 atom stereocenters. The molecule has 3 rings (SSSR count). The van der Waals surface area contributed by atoms with Gasteiger partial charge in [0.15, 0.2) is 0 Å². The van der Waals surface area contributed by atoms with Crippen LogP contribution in [0.2, 0.25) is 0 Å².